The number of unbranched alkanes of at least 4 members (excludes halogenated alkanes) is 24. The van der Waals surface area contributed by atoms with Crippen LogP contribution in [-0.4, -0.2) is 52.7 Å². The van der Waals surface area contributed by atoms with Crippen LogP contribution in [-0.2, 0) is 16.0 Å². The fourth-order valence-corrected chi connectivity index (χ4v) is 6.74. The van der Waals surface area contributed by atoms with Gasteiger partial charge in [0.1, 0.15) is 0 Å². The Kier molecular flexibility index (Phi) is 49.8. The summed E-state index contributed by atoms with van der Waals surface area (Å²) in [6, 6.07) is 6.41. The summed E-state index contributed by atoms with van der Waals surface area (Å²) in [5.74, 6) is 1.76. The minimum Gasteiger partial charge on any atom is -0.490 e. The van der Waals surface area contributed by atoms with Gasteiger partial charge in [0.15, 0.2) is 11.5 Å². The van der Waals surface area contributed by atoms with Gasteiger partial charge < -0.3 is 30.0 Å². The Morgan fingerprint density at radius 2 is 0.860 bits per heavy atom. The maximum atomic E-state index is 6.36. The smallest absolute Gasteiger partial charge is 0.161 e. The molecule has 0 atom stereocenters. The summed E-state index contributed by atoms with van der Waals surface area (Å²) in [4.78, 5) is 0. The first-order valence-corrected chi connectivity index (χ1v) is 23.6. The lowest BCUT2D eigenvalue weighted by atomic mass is 10.1. The topological polar surface area (TPSA) is 75.0 Å². The summed E-state index contributed by atoms with van der Waals surface area (Å²) in [5, 5.41) is 3.49. The molecule has 0 fully saturated rings. The second-order valence-electron chi connectivity index (χ2n) is 15.5. The molecular formula is C49H92Cl2N2O4. The normalized spacial score (nSPS) is 11.4. The van der Waals surface area contributed by atoms with Crippen molar-refractivity contribution in [1.82, 2.24) is 5.32 Å². The van der Waals surface area contributed by atoms with Gasteiger partial charge in [-0.3, -0.25) is 0 Å². The lowest BCUT2D eigenvalue weighted by Crippen LogP contribution is -2.20. The van der Waals surface area contributed by atoms with Gasteiger partial charge in [-0.05, 0) is 81.9 Å². The standard InChI is InChI=1S/C49H90N2O4.2ClH/c1-3-5-7-9-11-13-15-17-19-21-23-25-27-29-31-33-39-54-48-36-35-47(46-51-38-42-53-44-43-52-41-37-50)45-49(48)55-40-34-32-30-28-26-24-22-20-18-16-14-12-10-8-6-4-2;;/h17-20,35-36,45,51H,3-16,21-34,37-44,46,50H2,1-2H3;2*1H/b19-17-,20-18-;;. The van der Waals surface area contributed by atoms with E-state index < -0.39 is 0 Å². The molecule has 0 aliphatic heterocycles. The molecule has 0 bridgehead atoms. The molecule has 1 aromatic rings. The van der Waals surface area contributed by atoms with Crippen LogP contribution in [0, 0.1) is 0 Å². The van der Waals surface area contributed by atoms with E-state index >= 15 is 0 Å². The monoisotopic (exact) mass is 843 g/mol. The SMILES string of the molecule is CCCCCCCC/C=C\CCCCCCCCOc1ccc(CNCCOCCOCCN)cc1OCCCCCCCC/C=C\CCCCCCCC.Cl.Cl. The summed E-state index contributed by atoms with van der Waals surface area (Å²) >= 11 is 0. The number of halogens is 2. The van der Waals surface area contributed by atoms with Crippen molar-refractivity contribution in [2.75, 3.05) is 52.7 Å². The molecule has 3 N–H and O–H groups in total. The zero-order valence-electron chi connectivity index (χ0n) is 37.2. The van der Waals surface area contributed by atoms with Gasteiger partial charge in [0.2, 0.25) is 0 Å². The first-order valence-electron chi connectivity index (χ1n) is 23.6. The van der Waals surface area contributed by atoms with Crippen LogP contribution in [0.1, 0.15) is 199 Å². The van der Waals surface area contributed by atoms with Crippen LogP contribution >= 0.6 is 24.8 Å². The minimum atomic E-state index is 0. The first-order chi connectivity index (χ1) is 27.3. The number of nitrogens with two attached hydrogens (primary N) is 1. The molecular weight excluding hydrogens is 751 g/mol. The van der Waals surface area contributed by atoms with Crippen LogP contribution in [0.2, 0.25) is 0 Å². The van der Waals surface area contributed by atoms with Crippen molar-refractivity contribution in [1.29, 1.82) is 0 Å². The highest BCUT2D eigenvalue weighted by atomic mass is 35.5. The molecule has 336 valence electrons. The summed E-state index contributed by atoms with van der Waals surface area (Å²) in [5.41, 5.74) is 6.66. The van der Waals surface area contributed by atoms with Crippen LogP contribution in [0.25, 0.3) is 0 Å². The van der Waals surface area contributed by atoms with Gasteiger partial charge in [0.25, 0.3) is 0 Å². The van der Waals surface area contributed by atoms with E-state index in [1.54, 1.807) is 0 Å². The highest BCUT2D eigenvalue weighted by molar-refractivity contribution is 5.85. The third-order valence-corrected chi connectivity index (χ3v) is 10.2. The lowest BCUT2D eigenvalue weighted by molar-refractivity contribution is 0.0518. The zero-order valence-corrected chi connectivity index (χ0v) is 38.9. The van der Waals surface area contributed by atoms with Crippen molar-refractivity contribution in [3.05, 3.63) is 48.1 Å². The number of hydrogen-bond acceptors (Lipinski definition) is 6. The Hall–Kier alpha value is -1.28. The predicted molar refractivity (Wildman–Crippen MR) is 253 cm³/mol. The minimum absolute atomic E-state index is 0. The number of allylic oxidation sites excluding steroid dienone is 4. The Balaban J connectivity index is 0. The average molecular weight is 844 g/mol. The van der Waals surface area contributed by atoms with Crippen molar-refractivity contribution in [2.45, 2.75) is 200 Å². The Bertz CT molecular complexity index is 981. The number of hydrogen-bond donors (Lipinski definition) is 2. The molecule has 0 saturated heterocycles. The van der Waals surface area contributed by atoms with E-state index in [1.165, 1.54) is 173 Å². The molecule has 0 heterocycles. The molecule has 0 unspecified atom stereocenters. The van der Waals surface area contributed by atoms with E-state index in [-0.39, 0.29) is 24.8 Å². The Morgan fingerprint density at radius 3 is 1.32 bits per heavy atom. The quantitative estimate of drug-likeness (QED) is 0.0503. The van der Waals surface area contributed by atoms with Gasteiger partial charge in [-0.1, -0.05) is 160 Å². The second kappa shape index (κ2) is 49.1. The van der Waals surface area contributed by atoms with Gasteiger partial charge in [-0.15, -0.1) is 24.8 Å². The zero-order chi connectivity index (χ0) is 39.4. The molecule has 0 saturated carbocycles. The molecule has 1 rings (SSSR count). The molecule has 0 amide bonds. The molecule has 8 heteroatoms. The van der Waals surface area contributed by atoms with Gasteiger partial charge >= 0.3 is 0 Å². The number of benzene rings is 1. The highest BCUT2D eigenvalue weighted by Crippen LogP contribution is 2.29. The molecule has 0 aliphatic rings. The largest absolute Gasteiger partial charge is 0.490 e. The van der Waals surface area contributed by atoms with Gasteiger partial charge in [-0.2, -0.15) is 0 Å². The molecule has 0 aliphatic carbocycles. The Morgan fingerprint density at radius 1 is 0.456 bits per heavy atom. The van der Waals surface area contributed by atoms with E-state index in [0.29, 0.717) is 33.0 Å². The van der Waals surface area contributed by atoms with Gasteiger partial charge in [0, 0.05) is 19.6 Å². The van der Waals surface area contributed by atoms with Crippen molar-refractivity contribution in [2.24, 2.45) is 5.73 Å². The summed E-state index contributed by atoms with van der Waals surface area (Å²) in [6.45, 7) is 10.6. The fraction of sp³-hybridized carbons (Fsp3) is 0.796. The van der Waals surface area contributed by atoms with Gasteiger partial charge in [0.05, 0.1) is 39.6 Å². The van der Waals surface area contributed by atoms with E-state index in [1.807, 2.05) is 0 Å². The maximum Gasteiger partial charge on any atom is 0.161 e. The van der Waals surface area contributed by atoms with E-state index in [0.717, 1.165) is 50.6 Å². The average Bonchev–Trinajstić information content (AvgIpc) is 3.20. The van der Waals surface area contributed by atoms with E-state index in [9.17, 15) is 0 Å². The first kappa shape index (κ1) is 57.8. The van der Waals surface area contributed by atoms with Crippen molar-refractivity contribution in [3.8, 4) is 11.5 Å². The number of nitrogens with one attached hydrogen (secondary N) is 1. The number of ether oxygens (including phenoxy) is 4. The summed E-state index contributed by atoms with van der Waals surface area (Å²) in [6.07, 6.45) is 46.4. The summed E-state index contributed by atoms with van der Waals surface area (Å²) < 4.78 is 23.7. The third-order valence-electron chi connectivity index (χ3n) is 10.2. The molecule has 0 spiro atoms. The van der Waals surface area contributed by atoms with E-state index in [4.69, 9.17) is 24.7 Å². The molecule has 57 heavy (non-hydrogen) atoms. The molecule has 0 radical (unpaired) electrons. The molecule has 1 aromatic carbocycles. The summed E-state index contributed by atoms with van der Waals surface area (Å²) in [7, 11) is 0. The van der Waals surface area contributed by atoms with Crippen molar-refractivity contribution in [3.63, 3.8) is 0 Å². The van der Waals surface area contributed by atoms with E-state index in [2.05, 4.69) is 61.7 Å². The number of rotatable bonds is 44. The molecule has 0 aromatic heterocycles. The predicted octanol–water partition coefficient (Wildman–Crippen LogP) is 14.4. The molecule has 6 nitrogen and oxygen atoms in total. The third kappa shape index (κ3) is 41.3. The second-order valence-corrected chi connectivity index (χ2v) is 15.5. The van der Waals surface area contributed by atoms with Crippen LogP contribution in [0.3, 0.4) is 0 Å². The van der Waals surface area contributed by atoms with Crippen LogP contribution in [0.5, 0.6) is 11.5 Å². The highest BCUT2D eigenvalue weighted by Gasteiger charge is 2.08. The maximum absolute atomic E-state index is 6.36. The van der Waals surface area contributed by atoms with Crippen LogP contribution in [0.15, 0.2) is 42.5 Å². The van der Waals surface area contributed by atoms with Crippen molar-refractivity contribution >= 4 is 24.8 Å². The van der Waals surface area contributed by atoms with Gasteiger partial charge in [-0.25, -0.2) is 0 Å². The lowest BCUT2D eigenvalue weighted by Gasteiger charge is -2.15. The van der Waals surface area contributed by atoms with Crippen LogP contribution < -0.4 is 20.5 Å². The van der Waals surface area contributed by atoms with Crippen LogP contribution in [0.4, 0.5) is 0 Å². The fourth-order valence-electron chi connectivity index (χ4n) is 6.74. The Labute approximate surface area is 365 Å². The van der Waals surface area contributed by atoms with Crippen molar-refractivity contribution < 1.29 is 18.9 Å².